The number of unbranched alkanes of at least 4 members (excludes halogenated alkanes) is 3. The Morgan fingerprint density at radius 3 is 2.48 bits per heavy atom. The fraction of sp³-hybridized carbons (Fsp3) is 0.647. The van der Waals surface area contributed by atoms with Gasteiger partial charge in [-0.25, -0.2) is 0 Å². The molecule has 0 saturated carbocycles. The van der Waals surface area contributed by atoms with Gasteiger partial charge >= 0.3 is 0 Å². The SMILES string of the molecule is CC(C)(C)NCc1ccc(OCCCCCCO)c(Cl)c1. The molecule has 0 unspecified atom stereocenters. The lowest BCUT2D eigenvalue weighted by atomic mass is 10.1. The van der Waals surface area contributed by atoms with E-state index in [1.165, 1.54) is 0 Å². The molecule has 0 aliphatic heterocycles. The van der Waals surface area contributed by atoms with Crippen LogP contribution in [0.2, 0.25) is 5.02 Å². The van der Waals surface area contributed by atoms with Crippen molar-refractivity contribution in [1.29, 1.82) is 0 Å². The Morgan fingerprint density at radius 1 is 1.14 bits per heavy atom. The molecule has 0 amide bonds. The van der Waals surface area contributed by atoms with Gasteiger partial charge < -0.3 is 15.2 Å². The van der Waals surface area contributed by atoms with Crippen LogP contribution in [0.1, 0.15) is 52.0 Å². The molecule has 0 bridgehead atoms. The molecule has 2 N–H and O–H groups in total. The van der Waals surface area contributed by atoms with Gasteiger partial charge in [0.1, 0.15) is 5.75 Å². The minimum absolute atomic E-state index is 0.0935. The van der Waals surface area contributed by atoms with Crippen LogP contribution in [0.25, 0.3) is 0 Å². The van der Waals surface area contributed by atoms with Gasteiger partial charge in [0.05, 0.1) is 11.6 Å². The Morgan fingerprint density at radius 2 is 1.86 bits per heavy atom. The summed E-state index contributed by atoms with van der Waals surface area (Å²) in [4.78, 5) is 0. The maximum absolute atomic E-state index is 8.70. The number of aliphatic hydroxyl groups is 1. The van der Waals surface area contributed by atoms with Crippen molar-refractivity contribution >= 4 is 11.6 Å². The molecule has 0 fully saturated rings. The van der Waals surface area contributed by atoms with Crippen LogP contribution in [-0.4, -0.2) is 23.9 Å². The van der Waals surface area contributed by atoms with Gasteiger partial charge in [-0.3, -0.25) is 0 Å². The molecule has 120 valence electrons. The third kappa shape index (κ3) is 8.30. The lowest BCUT2D eigenvalue weighted by Gasteiger charge is -2.20. The normalized spacial score (nSPS) is 11.7. The number of hydrogen-bond donors (Lipinski definition) is 2. The minimum atomic E-state index is 0.0935. The van der Waals surface area contributed by atoms with E-state index in [1.807, 2.05) is 18.2 Å². The number of nitrogens with one attached hydrogen (secondary N) is 1. The van der Waals surface area contributed by atoms with Gasteiger partial charge in [-0.05, 0) is 57.7 Å². The highest BCUT2D eigenvalue weighted by atomic mass is 35.5. The van der Waals surface area contributed by atoms with Gasteiger partial charge in [-0.2, -0.15) is 0 Å². The Hall–Kier alpha value is -0.770. The average Bonchev–Trinajstić information content (AvgIpc) is 2.41. The van der Waals surface area contributed by atoms with E-state index in [1.54, 1.807) is 0 Å². The first-order chi connectivity index (χ1) is 9.92. The van der Waals surface area contributed by atoms with Crippen LogP contribution in [0.3, 0.4) is 0 Å². The highest BCUT2D eigenvalue weighted by Gasteiger charge is 2.09. The summed E-state index contributed by atoms with van der Waals surface area (Å²) in [7, 11) is 0. The summed E-state index contributed by atoms with van der Waals surface area (Å²) in [6.45, 7) is 8.17. The standard InChI is InChI=1S/C17H28ClNO2/c1-17(2,3)19-13-14-8-9-16(15(18)12-14)21-11-7-5-4-6-10-20/h8-9,12,19-20H,4-7,10-11,13H2,1-3H3. The van der Waals surface area contributed by atoms with E-state index in [0.717, 1.165) is 43.5 Å². The van der Waals surface area contributed by atoms with Gasteiger partial charge in [0.2, 0.25) is 0 Å². The smallest absolute Gasteiger partial charge is 0.137 e. The zero-order valence-electron chi connectivity index (χ0n) is 13.4. The molecule has 4 heteroatoms. The Labute approximate surface area is 133 Å². The van der Waals surface area contributed by atoms with Gasteiger partial charge in [-0.15, -0.1) is 0 Å². The van der Waals surface area contributed by atoms with Gasteiger partial charge in [-0.1, -0.05) is 24.1 Å². The molecule has 0 radical (unpaired) electrons. The van der Waals surface area contributed by atoms with Crippen LogP contribution in [-0.2, 0) is 6.54 Å². The van der Waals surface area contributed by atoms with Crippen LogP contribution in [0.15, 0.2) is 18.2 Å². The molecule has 1 aromatic rings. The Bertz CT molecular complexity index is 416. The second-order valence-electron chi connectivity index (χ2n) is 6.35. The van der Waals surface area contributed by atoms with Crippen LogP contribution in [0.4, 0.5) is 0 Å². The molecular formula is C17H28ClNO2. The number of aliphatic hydroxyl groups excluding tert-OH is 1. The Balaban J connectivity index is 2.36. The predicted molar refractivity (Wildman–Crippen MR) is 89.1 cm³/mol. The maximum Gasteiger partial charge on any atom is 0.137 e. The lowest BCUT2D eigenvalue weighted by Crippen LogP contribution is -2.35. The molecule has 0 atom stereocenters. The summed E-state index contributed by atoms with van der Waals surface area (Å²) in [5, 5.41) is 12.8. The second kappa shape index (κ2) is 9.29. The molecule has 1 rings (SSSR count). The predicted octanol–water partition coefficient (Wildman–Crippen LogP) is 4.16. The van der Waals surface area contributed by atoms with Crippen LogP contribution in [0, 0.1) is 0 Å². The molecule has 0 spiro atoms. The highest BCUT2D eigenvalue weighted by molar-refractivity contribution is 6.32. The van der Waals surface area contributed by atoms with Gasteiger partial charge in [0.15, 0.2) is 0 Å². The zero-order valence-corrected chi connectivity index (χ0v) is 14.2. The fourth-order valence-electron chi connectivity index (χ4n) is 1.89. The van der Waals surface area contributed by atoms with E-state index < -0.39 is 0 Å². The topological polar surface area (TPSA) is 41.5 Å². The summed E-state index contributed by atoms with van der Waals surface area (Å²) in [5.41, 5.74) is 1.25. The summed E-state index contributed by atoms with van der Waals surface area (Å²) in [6, 6.07) is 5.95. The van der Waals surface area contributed by atoms with Gasteiger partial charge in [0.25, 0.3) is 0 Å². The monoisotopic (exact) mass is 313 g/mol. The van der Waals surface area contributed by atoms with Crippen molar-refractivity contribution in [1.82, 2.24) is 5.32 Å². The summed E-state index contributed by atoms with van der Waals surface area (Å²) in [6.07, 6.45) is 3.98. The van der Waals surface area contributed by atoms with Crippen molar-refractivity contribution in [2.24, 2.45) is 0 Å². The van der Waals surface area contributed by atoms with Gasteiger partial charge in [0, 0.05) is 18.7 Å². The van der Waals surface area contributed by atoms with E-state index in [2.05, 4.69) is 26.1 Å². The van der Waals surface area contributed by atoms with Crippen LogP contribution >= 0.6 is 11.6 Å². The highest BCUT2D eigenvalue weighted by Crippen LogP contribution is 2.26. The van der Waals surface area contributed by atoms with E-state index in [9.17, 15) is 0 Å². The summed E-state index contributed by atoms with van der Waals surface area (Å²) >= 11 is 6.26. The lowest BCUT2D eigenvalue weighted by molar-refractivity contribution is 0.273. The first-order valence-corrected chi connectivity index (χ1v) is 8.07. The van der Waals surface area contributed by atoms with Crippen molar-refractivity contribution in [3.05, 3.63) is 28.8 Å². The molecule has 0 heterocycles. The van der Waals surface area contributed by atoms with Crippen molar-refractivity contribution in [2.75, 3.05) is 13.2 Å². The summed E-state index contributed by atoms with van der Waals surface area (Å²) < 4.78 is 5.70. The first-order valence-electron chi connectivity index (χ1n) is 7.69. The van der Waals surface area contributed by atoms with E-state index in [4.69, 9.17) is 21.4 Å². The largest absolute Gasteiger partial charge is 0.492 e. The second-order valence-corrected chi connectivity index (χ2v) is 6.76. The van der Waals surface area contributed by atoms with Crippen LogP contribution < -0.4 is 10.1 Å². The number of hydrogen-bond acceptors (Lipinski definition) is 3. The molecule has 0 aliphatic rings. The molecule has 1 aromatic carbocycles. The minimum Gasteiger partial charge on any atom is -0.492 e. The third-order valence-electron chi connectivity index (χ3n) is 3.13. The number of benzene rings is 1. The van der Waals surface area contributed by atoms with E-state index in [-0.39, 0.29) is 12.1 Å². The molecular weight excluding hydrogens is 286 g/mol. The van der Waals surface area contributed by atoms with E-state index >= 15 is 0 Å². The first kappa shape index (κ1) is 18.3. The average molecular weight is 314 g/mol. The number of halogens is 1. The molecule has 21 heavy (non-hydrogen) atoms. The molecule has 0 aliphatic carbocycles. The fourth-order valence-corrected chi connectivity index (χ4v) is 2.15. The van der Waals surface area contributed by atoms with Crippen molar-refractivity contribution in [2.45, 2.75) is 58.5 Å². The maximum atomic E-state index is 8.70. The van der Waals surface area contributed by atoms with Crippen molar-refractivity contribution < 1.29 is 9.84 Å². The summed E-state index contributed by atoms with van der Waals surface area (Å²) in [5.74, 6) is 0.748. The molecule has 0 aromatic heterocycles. The quantitative estimate of drug-likeness (QED) is 0.673. The Kier molecular flexibility index (Phi) is 8.09. The van der Waals surface area contributed by atoms with Crippen molar-refractivity contribution in [3.63, 3.8) is 0 Å². The number of rotatable bonds is 9. The molecule has 3 nitrogen and oxygen atoms in total. The number of ether oxygens (including phenoxy) is 1. The van der Waals surface area contributed by atoms with E-state index in [0.29, 0.717) is 11.6 Å². The van der Waals surface area contributed by atoms with Crippen LogP contribution in [0.5, 0.6) is 5.75 Å². The third-order valence-corrected chi connectivity index (χ3v) is 3.42. The molecule has 0 saturated heterocycles. The van der Waals surface area contributed by atoms with Crippen molar-refractivity contribution in [3.8, 4) is 5.75 Å². The zero-order chi connectivity index (χ0) is 15.7.